The molecule has 0 aliphatic rings. The quantitative estimate of drug-likeness (QED) is 0.805. The smallest absolute Gasteiger partial charge is 0.0909 e. The largest absolute Gasteiger partial charge is 0.396 e. The molecule has 3 nitrogen and oxygen atoms in total. The Balaban J connectivity index is 2.59. The van der Waals surface area contributed by atoms with E-state index in [1.807, 2.05) is 32.2 Å². The first-order chi connectivity index (χ1) is 7.09. The molecule has 0 bridgehead atoms. The van der Waals surface area contributed by atoms with Crippen molar-refractivity contribution in [2.45, 2.75) is 6.92 Å². The lowest BCUT2D eigenvalue weighted by atomic mass is 10.1. The molecule has 0 aliphatic heterocycles. The monoisotopic (exact) mass is 221 g/mol. The van der Waals surface area contributed by atoms with E-state index in [9.17, 15) is 0 Å². The van der Waals surface area contributed by atoms with E-state index >= 15 is 0 Å². The highest BCUT2D eigenvalue weighted by atomic mass is 35.5. The van der Waals surface area contributed by atoms with Gasteiger partial charge in [0.05, 0.1) is 17.6 Å². The molecular weight excluding hydrogens is 210 g/mol. The molecule has 78 valence electrons. The number of nitrogens with two attached hydrogens (primary N) is 1. The highest BCUT2D eigenvalue weighted by Gasteiger charge is 2.08. The standard InChI is InChI=1S/C11H12ClN3/c1-7-3-4-8(5-9(7)12)11-10(13)6-14-15(11)2/h3-6H,13H2,1-2H3. The Hall–Kier alpha value is -1.48. The minimum absolute atomic E-state index is 0.664. The summed E-state index contributed by atoms with van der Waals surface area (Å²) >= 11 is 6.06. The molecular formula is C11H12ClN3. The zero-order valence-corrected chi connectivity index (χ0v) is 9.42. The Morgan fingerprint density at radius 1 is 1.40 bits per heavy atom. The normalized spacial score (nSPS) is 10.6. The van der Waals surface area contributed by atoms with Gasteiger partial charge in [0.1, 0.15) is 0 Å². The van der Waals surface area contributed by atoms with E-state index in [2.05, 4.69) is 5.10 Å². The van der Waals surface area contributed by atoms with Crippen LogP contribution < -0.4 is 5.73 Å². The van der Waals surface area contributed by atoms with Crippen LogP contribution in [0.1, 0.15) is 5.56 Å². The molecule has 1 aromatic heterocycles. The molecule has 0 unspecified atom stereocenters. The third-order valence-electron chi connectivity index (χ3n) is 2.41. The fourth-order valence-electron chi connectivity index (χ4n) is 1.55. The summed E-state index contributed by atoms with van der Waals surface area (Å²) in [6.45, 7) is 1.97. The molecule has 15 heavy (non-hydrogen) atoms. The van der Waals surface area contributed by atoms with Gasteiger partial charge in [0, 0.05) is 17.6 Å². The molecule has 0 saturated heterocycles. The summed E-state index contributed by atoms with van der Waals surface area (Å²) in [5, 5.41) is 4.84. The van der Waals surface area contributed by atoms with Gasteiger partial charge in [-0.1, -0.05) is 23.7 Å². The second-order valence-electron chi connectivity index (χ2n) is 3.54. The Morgan fingerprint density at radius 3 is 2.67 bits per heavy atom. The topological polar surface area (TPSA) is 43.8 Å². The van der Waals surface area contributed by atoms with Crippen molar-refractivity contribution in [2.75, 3.05) is 5.73 Å². The molecule has 0 spiro atoms. The first-order valence-corrected chi connectivity index (χ1v) is 5.01. The predicted octanol–water partition coefficient (Wildman–Crippen LogP) is 2.63. The summed E-state index contributed by atoms with van der Waals surface area (Å²) in [5.74, 6) is 0. The second-order valence-corrected chi connectivity index (χ2v) is 3.94. The van der Waals surface area contributed by atoms with Crippen LogP contribution in [0.15, 0.2) is 24.4 Å². The van der Waals surface area contributed by atoms with Crippen molar-refractivity contribution in [3.63, 3.8) is 0 Å². The van der Waals surface area contributed by atoms with E-state index in [0.29, 0.717) is 5.69 Å². The molecule has 2 aromatic rings. The van der Waals surface area contributed by atoms with Crippen LogP contribution in [0.2, 0.25) is 5.02 Å². The van der Waals surface area contributed by atoms with Crippen molar-refractivity contribution >= 4 is 17.3 Å². The van der Waals surface area contributed by atoms with Gasteiger partial charge in [0.25, 0.3) is 0 Å². The molecule has 1 aromatic carbocycles. The van der Waals surface area contributed by atoms with Crippen molar-refractivity contribution in [2.24, 2.45) is 7.05 Å². The molecule has 2 N–H and O–H groups in total. The van der Waals surface area contributed by atoms with Crippen molar-refractivity contribution in [1.82, 2.24) is 9.78 Å². The third-order valence-corrected chi connectivity index (χ3v) is 2.82. The van der Waals surface area contributed by atoms with Crippen LogP contribution >= 0.6 is 11.6 Å². The third kappa shape index (κ3) is 1.70. The van der Waals surface area contributed by atoms with Crippen LogP contribution in [0.5, 0.6) is 0 Å². The Morgan fingerprint density at radius 2 is 2.13 bits per heavy atom. The van der Waals surface area contributed by atoms with Crippen molar-refractivity contribution in [3.05, 3.63) is 35.0 Å². The number of nitrogens with zero attached hydrogens (tertiary/aromatic N) is 2. The van der Waals surface area contributed by atoms with Gasteiger partial charge in [-0.3, -0.25) is 4.68 Å². The SMILES string of the molecule is Cc1ccc(-c2c(N)cnn2C)cc1Cl. The van der Waals surface area contributed by atoms with Crippen molar-refractivity contribution in [3.8, 4) is 11.3 Å². The van der Waals surface area contributed by atoms with Gasteiger partial charge in [-0.05, 0) is 18.6 Å². The Kier molecular flexibility index (Phi) is 2.40. The average Bonchev–Trinajstić information content (AvgIpc) is 2.52. The maximum Gasteiger partial charge on any atom is 0.0909 e. The summed E-state index contributed by atoms with van der Waals surface area (Å²) in [6, 6.07) is 5.88. The predicted molar refractivity (Wildman–Crippen MR) is 62.8 cm³/mol. The fraction of sp³-hybridized carbons (Fsp3) is 0.182. The molecule has 0 atom stereocenters. The van der Waals surface area contributed by atoms with Gasteiger partial charge >= 0.3 is 0 Å². The average molecular weight is 222 g/mol. The van der Waals surface area contributed by atoms with Gasteiger partial charge in [-0.15, -0.1) is 0 Å². The molecule has 0 saturated carbocycles. The summed E-state index contributed by atoms with van der Waals surface area (Å²) < 4.78 is 1.75. The Bertz CT molecular complexity index is 483. The van der Waals surface area contributed by atoms with Gasteiger partial charge in [0.2, 0.25) is 0 Å². The minimum atomic E-state index is 0.664. The minimum Gasteiger partial charge on any atom is -0.396 e. The number of aryl methyl sites for hydroxylation is 2. The van der Waals surface area contributed by atoms with Crippen molar-refractivity contribution in [1.29, 1.82) is 0 Å². The lowest BCUT2D eigenvalue weighted by Crippen LogP contribution is -1.96. The summed E-state index contributed by atoms with van der Waals surface area (Å²) in [7, 11) is 1.86. The second kappa shape index (κ2) is 3.59. The van der Waals surface area contributed by atoms with E-state index in [1.54, 1.807) is 10.9 Å². The summed E-state index contributed by atoms with van der Waals surface area (Å²) in [5.41, 5.74) is 9.44. The number of nitrogen functional groups attached to an aromatic ring is 1. The van der Waals surface area contributed by atoms with E-state index in [0.717, 1.165) is 21.8 Å². The van der Waals surface area contributed by atoms with Crippen LogP contribution in [0, 0.1) is 6.92 Å². The molecule has 4 heteroatoms. The first-order valence-electron chi connectivity index (χ1n) is 4.63. The van der Waals surface area contributed by atoms with E-state index in [-0.39, 0.29) is 0 Å². The highest BCUT2D eigenvalue weighted by Crippen LogP contribution is 2.28. The van der Waals surface area contributed by atoms with Crippen LogP contribution in [-0.2, 0) is 7.05 Å². The zero-order valence-electron chi connectivity index (χ0n) is 8.66. The number of halogens is 1. The number of benzene rings is 1. The highest BCUT2D eigenvalue weighted by molar-refractivity contribution is 6.31. The maximum absolute atomic E-state index is 6.06. The van der Waals surface area contributed by atoms with Crippen LogP contribution in [0.3, 0.4) is 0 Å². The van der Waals surface area contributed by atoms with Crippen LogP contribution in [0.4, 0.5) is 5.69 Å². The summed E-state index contributed by atoms with van der Waals surface area (Å²) in [6.07, 6.45) is 1.64. The van der Waals surface area contributed by atoms with Crippen molar-refractivity contribution < 1.29 is 0 Å². The van der Waals surface area contributed by atoms with E-state index < -0.39 is 0 Å². The van der Waals surface area contributed by atoms with E-state index in [4.69, 9.17) is 17.3 Å². The van der Waals surface area contributed by atoms with Crippen LogP contribution in [0.25, 0.3) is 11.3 Å². The molecule has 2 rings (SSSR count). The van der Waals surface area contributed by atoms with Crippen LogP contribution in [-0.4, -0.2) is 9.78 Å². The number of hydrogen-bond donors (Lipinski definition) is 1. The first kappa shape index (κ1) is 10.1. The van der Waals surface area contributed by atoms with Gasteiger partial charge < -0.3 is 5.73 Å². The zero-order chi connectivity index (χ0) is 11.0. The number of aromatic nitrogens is 2. The van der Waals surface area contributed by atoms with Gasteiger partial charge in [-0.2, -0.15) is 5.10 Å². The Labute approximate surface area is 93.5 Å². The lowest BCUT2D eigenvalue weighted by Gasteiger charge is -2.05. The van der Waals surface area contributed by atoms with Gasteiger partial charge in [-0.25, -0.2) is 0 Å². The van der Waals surface area contributed by atoms with Gasteiger partial charge in [0.15, 0.2) is 0 Å². The van der Waals surface area contributed by atoms with E-state index in [1.165, 1.54) is 0 Å². The maximum atomic E-state index is 6.06. The number of hydrogen-bond acceptors (Lipinski definition) is 2. The fourth-order valence-corrected chi connectivity index (χ4v) is 1.73. The molecule has 0 radical (unpaired) electrons. The molecule has 0 fully saturated rings. The lowest BCUT2D eigenvalue weighted by molar-refractivity contribution is 0.776. The summed E-state index contributed by atoms with van der Waals surface area (Å²) in [4.78, 5) is 0. The molecule has 0 aliphatic carbocycles. The number of rotatable bonds is 1. The number of anilines is 1. The molecule has 0 amide bonds. The molecule has 1 heterocycles.